The predicted molar refractivity (Wildman–Crippen MR) is 146 cm³/mol. The Hall–Kier alpha value is -4.31. The fraction of sp³-hybridized carbons (Fsp3) is 0.300. The molecular formula is C30H32F2N4O4. The molecule has 3 N–H and O–H groups in total. The number of ether oxygens (including phenoxy) is 1. The molecule has 3 amide bonds. The quantitative estimate of drug-likeness (QED) is 0.361. The lowest BCUT2D eigenvalue weighted by molar-refractivity contribution is -0.132. The van der Waals surface area contributed by atoms with Gasteiger partial charge in [0.25, 0.3) is 0 Å². The summed E-state index contributed by atoms with van der Waals surface area (Å²) in [5.41, 5.74) is 1.78. The number of para-hydroxylation sites is 1. The van der Waals surface area contributed by atoms with Crippen LogP contribution in [0.2, 0.25) is 0 Å². The number of amides is 3. The fourth-order valence-electron chi connectivity index (χ4n) is 4.50. The highest BCUT2D eigenvalue weighted by Gasteiger charge is 2.27. The molecule has 0 radical (unpaired) electrons. The van der Waals surface area contributed by atoms with E-state index in [2.05, 4.69) is 20.9 Å². The molecule has 0 aromatic heterocycles. The van der Waals surface area contributed by atoms with E-state index in [1.165, 1.54) is 6.92 Å². The standard InChI is InChI=1S/C30H32F2N4O4/c1-20(34-27(37)16-21-14-23(31)17-24(32)15-21)29(38)35-28(22-8-4-2-5-9-22)30(39)33-18-26-19-36(12-13-40-26)25-10-6-3-7-11-25/h2-11,14-15,17,20,26,28H,12-13,16,18-19H2,1H3,(H,33,39)(H,34,37)(H,35,38). The summed E-state index contributed by atoms with van der Waals surface area (Å²) in [5.74, 6) is -3.19. The first-order valence-corrected chi connectivity index (χ1v) is 13.1. The number of carbonyl (C=O) groups is 3. The van der Waals surface area contributed by atoms with Crippen LogP contribution in [0.3, 0.4) is 0 Å². The summed E-state index contributed by atoms with van der Waals surface area (Å²) in [7, 11) is 0. The van der Waals surface area contributed by atoms with E-state index in [0.29, 0.717) is 24.8 Å². The van der Waals surface area contributed by atoms with E-state index in [9.17, 15) is 23.2 Å². The van der Waals surface area contributed by atoms with E-state index in [0.717, 1.165) is 24.4 Å². The SMILES string of the molecule is CC(NC(=O)Cc1cc(F)cc(F)c1)C(=O)NC(C(=O)NCC1CN(c2ccccc2)CCO1)c1ccccc1. The third kappa shape index (κ3) is 8.09. The Balaban J connectivity index is 1.35. The van der Waals surface area contributed by atoms with E-state index in [1.54, 1.807) is 30.3 Å². The molecule has 3 aromatic rings. The summed E-state index contributed by atoms with van der Waals surface area (Å²) in [6.07, 6.45) is -0.549. The van der Waals surface area contributed by atoms with Crippen LogP contribution in [0.15, 0.2) is 78.9 Å². The molecule has 1 saturated heterocycles. The van der Waals surface area contributed by atoms with E-state index < -0.39 is 41.4 Å². The molecule has 8 nitrogen and oxygen atoms in total. The summed E-state index contributed by atoms with van der Waals surface area (Å²) >= 11 is 0. The molecule has 0 bridgehead atoms. The Morgan fingerprint density at radius 2 is 1.57 bits per heavy atom. The molecule has 1 aliphatic heterocycles. The van der Waals surface area contributed by atoms with Gasteiger partial charge in [-0.3, -0.25) is 14.4 Å². The Morgan fingerprint density at radius 1 is 0.925 bits per heavy atom. The van der Waals surface area contributed by atoms with Gasteiger partial charge in [-0.05, 0) is 42.3 Å². The Labute approximate surface area is 231 Å². The normalized spacial score (nSPS) is 16.5. The Kier molecular flexibility index (Phi) is 9.80. The Bertz CT molecular complexity index is 1290. The highest BCUT2D eigenvalue weighted by atomic mass is 19.1. The molecule has 1 aliphatic rings. The second-order valence-corrected chi connectivity index (χ2v) is 9.62. The minimum absolute atomic E-state index is 0.139. The average molecular weight is 551 g/mol. The summed E-state index contributed by atoms with van der Waals surface area (Å²) in [5, 5.41) is 8.11. The molecule has 3 aromatic carbocycles. The average Bonchev–Trinajstić information content (AvgIpc) is 2.95. The predicted octanol–water partition coefficient (Wildman–Crippen LogP) is 2.89. The fourth-order valence-corrected chi connectivity index (χ4v) is 4.50. The number of carbonyl (C=O) groups excluding carboxylic acids is 3. The highest BCUT2D eigenvalue weighted by Crippen LogP contribution is 2.18. The first-order valence-electron chi connectivity index (χ1n) is 13.1. The van der Waals surface area contributed by atoms with Crippen LogP contribution in [0.1, 0.15) is 24.1 Å². The lowest BCUT2D eigenvalue weighted by Crippen LogP contribution is -2.51. The van der Waals surface area contributed by atoms with Crippen molar-refractivity contribution in [2.75, 3.05) is 31.1 Å². The van der Waals surface area contributed by atoms with Gasteiger partial charge >= 0.3 is 0 Å². The van der Waals surface area contributed by atoms with Crippen molar-refractivity contribution in [1.29, 1.82) is 0 Å². The van der Waals surface area contributed by atoms with Crippen LogP contribution in [0.5, 0.6) is 0 Å². The van der Waals surface area contributed by atoms with E-state index in [1.807, 2.05) is 30.3 Å². The number of hydrogen-bond donors (Lipinski definition) is 3. The van der Waals surface area contributed by atoms with Gasteiger partial charge in [-0.15, -0.1) is 0 Å². The number of nitrogens with zero attached hydrogens (tertiary/aromatic N) is 1. The van der Waals surface area contributed by atoms with Crippen LogP contribution in [0.25, 0.3) is 0 Å². The molecule has 0 aliphatic carbocycles. The number of hydrogen-bond acceptors (Lipinski definition) is 5. The van der Waals surface area contributed by atoms with Gasteiger partial charge in [0.1, 0.15) is 23.7 Å². The van der Waals surface area contributed by atoms with Gasteiger partial charge in [0.15, 0.2) is 0 Å². The van der Waals surface area contributed by atoms with Gasteiger partial charge in [0.05, 0.1) is 19.1 Å². The summed E-state index contributed by atoms with van der Waals surface area (Å²) in [6.45, 7) is 3.58. The zero-order valence-electron chi connectivity index (χ0n) is 22.1. The van der Waals surface area contributed by atoms with Crippen molar-refractivity contribution in [3.8, 4) is 0 Å². The van der Waals surface area contributed by atoms with Gasteiger partial charge in [0, 0.05) is 31.4 Å². The number of halogens is 2. The van der Waals surface area contributed by atoms with Crippen LogP contribution in [-0.2, 0) is 25.5 Å². The molecule has 4 rings (SSSR count). The third-order valence-electron chi connectivity index (χ3n) is 6.50. The number of benzene rings is 3. The smallest absolute Gasteiger partial charge is 0.247 e. The summed E-state index contributed by atoms with van der Waals surface area (Å²) in [4.78, 5) is 40.9. The van der Waals surface area contributed by atoms with Crippen molar-refractivity contribution in [1.82, 2.24) is 16.0 Å². The van der Waals surface area contributed by atoms with Crippen LogP contribution < -0.4 is 20.9 Å². The zero-order chi connectivity index (χ0) is 28.5. The molecule has 1 heterocycles. The second kappa shape index (κ2) is 13.7. The number of morpholine rings is 1. The van der Waals surface area contributed by atoms with Crippen LogP contribution in [0, 0.1) is 11.6 Å². The Morgan fingerprint density at radius 3 is 2.25 bits per heavy atom. The maximum Gasteiger partial charge on any atom is 0.247 e. The molecule has 0 spiro atoms. The van der Waals surface area contributed by atoms with Crippen molar-refractivity contribution >= 4 is 23.4 Å². The molecule has 3 unspecified atom stereocenters. The van der Waals surface area contributed by atoms with E-state index in [-0.39, 0.29) is 24.6 Å². The molecule has 3 atom stereocenters. The van der Waals surface area contributed by atoms with Gasteiger partial charge in [0.2, 0.25) is 17.7 Å². The first-order chi connectivity index (χ1) is 19.3. The van der Waals surface area contributed by atoms with Gasteiger partial charge in [-0.2, -0.15) is 0 Å². The monoisotopic (exact) mass is 550 g/mol. The first kappa shape index (κ1) is 28.7. The van der Waals surface area contributed by atoms with E-state index >= 15 is 0 Å². The zero-order valence-corrected chi connectivity index (χ0v) is 22.1. The molecular weight excluding hydrogens is 518 g/mol. The van der Waals surface area contributed by atoms with Crippen LogP contribution >= 0.6 is 0 Å². The second-order valence-electron chi connectivity index (χ2n) is 9.62. The highest BCUT2D eigenvalue weighted by molar-refractivity contribution is 5.92. The maximum atomic E-state index is 13.4. The number of nitrogens with one attached hydrogen (secondary N) is 3. The topological polar surface area (TPSA) is 99.8 Å². The van der Waals surface area contributed by atoms with Crippen molar-refractivity contribution < 1.29 is 27.9 Å². The number of anilines is 1. The molecule has 10 heteroatoms. The van der Waals surface area contributed by atoms with E-state index in [4.69, 9.17) is 4.74 Å². The van der Waals surface area contributed by atoms with Crippen molar-refractivity contribution in [2.45, 2.75) is 31.5 Å². The molecule has 1 fully saturated rings. The number of rotatable bonds is 10. The lowest BCUT2D eigenvalue weighted by Gasteiger charge is -2.34. The van der Waals surface area contributed by atoms with Crippen LogP contribution in [0.4, 0.5) is 14.5 Å². The van der Waals surface area contributed by atoms with Gasteiger partial charge in [-0.25, -0.2) is 8.78 Å². The van der Waals surface area contributed by atoms with Crippen LogP contribution in [-0.4, -0.2) is 56.1 Å². The lowest BCUT2D eigenvalue weighted by atomic mass is 10.1. The third-order valence-corrected chi connectivity index (χ3v) is 6.50. The molecule has 210 valence electrons. The maximum absolute atomic E-state index is 13.4. The van der Waals surface area contributed by atoms with Crippen molar-refractivity contribution in [3.05, 3.63) is 102 Å². The van der Waals surface area contributed by atoms with Crippen molar-refractivity contribution in [3.63, 3.8) is 0 Å². The van der Waals surface area contributed by atoms with Gasteiger partial charge < -0.3 is 25.6 Å². The molecule has 40 heavy (non-hydrogen) atoms. The molecule has 0 saturated carbocycles. The minimum Gasteiger partial charge on any atom is -0.373 e. The summed E-state index contributed by atoms with van der Waals surface area (Å²) < 4.78 is 32.7. The van der Waals surface area contributed by atoms with Crippen molar-refractivity contribution in [2.24, 2.45) is 0 Å². The largest absolute Gasteiger partial charge is 0.373 e. The van der Waals surface area contributed by atoms with Gasteiger partial charge in [-0.1, -0.05) is 48.5 Å². The summed E-state index contributed by atoms with van der Waals surface area (Å²) in [6, 6.07) is 19.5. The minimum atomic E-state index is -1.01.